The molecule has 92 valence electrons. The topological polar surface area (TPSA) is 64.3 Å². The first kappa shape index (κ1) is 11.9. The molecule has 4 heteroatoms. The second kappa shape index (κ2) is 5.19. The van der Waals surface area contributed by atoms with Gasteiger partial charge in [-0.3, -0.25) is 0 Å². The van der Waals surface area contributed by atoms with Crippen molar-refractivity contribution in [2.45, 2.75) is 18.9 Å². The molecule has 2 rings (SSSR count). The Bertz CT molecular complexity index is 400. The quantitative estimate of drug-likeness (QED) is 0.777. The highest BCUT2D eigenvalue weighted by molar-refractivity contribution is 5.95. The minimum atomic E-state index is -0.307. The first-order chi connectivity index (χ1) is 8.20. The van der Waals surface area contributed by atoms with Crippen LogP contribution in [-0.4, -0.2) is 25.7 Å². The van der Waals surface area contributed by atoms with Crippen LogP contribution in [0.4, 0.5) is 5.69 Å². The van der Waals surface area contributed by atoms with E-state index in [0.29, 0.717) is 17.5 Å². The Labute approximate surface area is 101 Å². The summed E-state index contributed by atoms with van der Waals surface area (Å²) in [5, 5.41) is 3.29. The van der Waals surface area contributed by atoms with E-state index >= 15 is 0 Å². The summed E-state index contributed by atoms with van der Waals surface area (Å²) in [6, 6.07) is 7.75. The summed E-state index contributed by atoms with van der Waals surface area (Å²) in [4.78, 5) is 11.5. The van der Waals surface area contributed by atoms with Crippen molar-refractivity contribution in [3.05, 3.63) is 29.8 Å². The van der Waals surface area contributed by atoms with Gasteiger partial charge in [0.1, 0.15) is 0 Å². The van der Waals surface area contributed by atoms with Crippen LogP contribution < -0.4 is 11.1 Å². The predicted molar refractivity (Wildman–Crippen MR) is 67.0 cm³/mol. The molecule has 0 spiro atoms. The van der Waals surface area contributed by atoms with Crippen LogP contribution in [-0.2, 0) is 4.74 Å². The molecule has 1 aliphatic carbocycles. The normalized spacial score (nSPS) is 22.7. The molecule has 0 heterocycles. The number of hydrogen-bond acceptors (Lipinski definition) is 4. The summed E-state index contributed by atoms with van der Waals surface area (Å²) in [5.74, 6) is 0.314. The van der Waals surface area contributed by atoms with Crippen LogP contribution in [0.25, 0.3) is 0 Å². The Kier molecular flexibility index (Phi) is 3.64. The lowest BCUT2D eigenvalue weighted by Gasteiger charge is -2.32. The number of methoxy groups -OCH3 is 1. The maximum Gasteiger partial charge on any atom is 0.339 e. The van der Waals surface area contributed by atoms with Crippen molar-refractivity contribution in [2.24, 2.45) is 11.7 Å². The molecular weight excluding hydrogens is 216 g/mol. The molecule has 1 aromatic rings. The van der Waals surface area contributed by atoms with Crippen molar-refractivity contribution in [2.75, 3.05) is 19.0 Å². The lowest BCUT2D eigenvalue weighted by molar-refractivity contribution is 0.0601. The number of benzene rings is 1. The van der Waals surface area contributed by atoms with Crippen molar-refractivity contribution in [3.8, 4) is 0 Å². The van der Waals surface area contributed by atoms with Gasteiger partial charge in [0.2, 0.25) is 0 Å². The van der Waals surface area contributed by atoms with Crippen LogP contribution >= 0.6 is 0 Å². The predicted octanol–water partition coefficient (Wildman–Crippen LogP) is 1.62. The molecule has 0 radical (unpaired) electrons. The standard InChI is InChI=1S/C13H18N2O2/c1-17-13(16)11-4-2-3-5-12(11)15-8-9-6-10(14)7-9/h2-5,9-10,15H,6-8,14H2,1H3. The van der Waals surface area contributed by atoms with Gasteiger partial charge in [-0.1, -0.05) is 12.1 Å². The van der Waals surface area contributed by atoms with Crippen molar-refractivity contribution in [1.82, 2.24) is 0 Å². The van der Waals surface area contributed by atoms with Crippen LogP contribution in [0.5, 0.6) is 0 Å². The van der Waals surface area contributed by atoms with Gasteiger partial charge in [-0.15, -0.1) is 0 Å². The van der Waals surface area contributed by atoms with Gasteiger partial charge >= 0.3 is 5.97 Å². The third kappa shape index (κ3) is 2.77. The van der Waals surface area contributed by atoms with E-state index < -0.39 is 0 Å². The van der Waals surface area contributed by atoms with Gasteiger partial charge < -0.3 is 15.8 Å². The monoisotopic (exact) mass is 234 g/mol. The molecule has 0 aromatic heterocycles. The SMILES string of the molecule is COC(=O)c1ccccc1NCC1CC(N)C1. The number of carbonyl (C=O) groups excluding carboxylic acids is 1. The minimum absolute atomic E-state index is 0.307. The van der Waals surface area contributed by atoms with E-state index in [0.717, 1.165) is 25.1 Å². The highest BCUT2D eigenvalue weighted by Gasteiger charge is 2.25. The molecule has 0 amide bonds. The van der Waals surface area contributed by atoms with E-state index in [2.05, 4.69) is 5.32 Å². The lowest BCUT2D eigenvalue weighted by Crippen LogP contribution is -2.39. The van der Waals surface area contributed by atoms with Gasteiger partial charge in [-0.25, -0.2) is 4.79 Å². The molecule has 3 N–H and O–H groups in total. The molecule has 1 saturated carbocycles. The van der Waals surface area contributed by atoms with E-state index in [1.165, 1.54) is 7.11 Å². The largest absolute Gasteiger partial charge is 0.465 e. The van der Waals surface area contributed by atoms with E-state index in [4.69, 9.17) is 10.5 Å². The van der Waals surface area contributed by atoms with Gasteiger partial charge in [0.15, 0.2) is 0 Å². The van der Waals surface area contributed by atoms with Crippen molar-refractivity contribution in [1.29, 1.82) is 0 Å². The van der Waals surface area contributed by atoms with E-state index in [1.807, 2.05) is 18.2 Å². The maximum absolute atomic E-state index is 11.5. The summed E-state index contributed by atoms with van der Waals surface area (Å²) in [5.41, 5.74) is 7.15. The first-order valence-corrected chi connectivity index (χ1v) is 5.87. The molecular formula is C13H18N2O2. The average molecular weight is 234 g/mol. The van der Waals surface area contributed by atoms with E-state index in [9.17, 15) is 4.79 Å². The third-order valence-corrected chi connectivity index (χ3v) is 3.19. The van der Waals surface area contributed by atoms with E-state index in [-0.39, 0.29) is 5.97 Å². The molecule has 0 aliphatic heterocycles. The van der Waals surface area contributed by atoms with Crippen molar-refractivity contribution < 1.29 is 9.53 Å². The fraction of sp³-hybridized carbons (Fsp3) is 0.462. The minimum Gasteiger partial charge on any atom is -0.465 e. The summed E-state index contributed by atoms with van der Waals surface area (Å²) >= 11 is 0. The Morgan fingerprint density at radius 1 is 1.47 bits per heavy atom. The third-order valence-electron chi connectivity index (χ3n) is 3.19. The Balaban J connectivity index is 1.97. The highest BCUT2D eigenvalue weighted by Crippen LogP contribution is 2.26. The Morgan fingerprint density at radius 2 is 2.18 bits per heavy atom. The maximum atomic E-state index is 11.5. The molecule has 0 atom stereocenters. The van der Waals surface area contributed by atoms with Gasteiger partial charge in [0.05, 0.1) is 12.7 Å². The second-order valence-electron chi connectivity index (χ2n) is 4.52. The van der Waals surface area contributed by atoms with Gasteiger partial charge in [-0.2, -0.15) is 0 Å². The highest BCUT2D eigenvalue weighted by atomic mass is 16.5. The van der Waals surface area contributed by atoms with Crippen LogP contribution in [0.1, 0.15) is 23.2 Å². The van der Waals surface area contributed by atoms with Gasteiger partial charge in [0, 0.05) is 18.3 Å². The van der Waals surface area contributed by atoms with Crippen LogP contribution in [0, 0.1) is 5.92 Å². The lowest BCUT2D eigenvalue weighted by atomic mass is 9.81. The Hall–Kier alpha value is -1.55. The number of nitrogens with two attached hydrogens (primary N) is 1. The summed E-state index contributed by atoms with van der Waals surface area (Å²) in [7, 11) is 1.39. The number of nitrogens with one attached hydrogen (secondary N) is 1. The molecule has 0 saturated heterocycles. The number of rotatable bonds is 4. The number of esters is 1. The fourth-order valence-corrected chi connectivity index (χ4v) is 2.13. The number of hydrogen-bond donors (Lipinski definition) is 2. The number of para-hydroxylation sites is 1. The molecule has 4 nitrogen and oxygen atoms in total. The van der Waals surface area contributed by atoms with Crippen LogP contribution in [0.15, 0.2) is 24.3 Å². The molecule has 1 aromatic carbocycles. The molecule has 1 aliphatic rings. The molecule has 0 unspecified atom stereocenters. The van der Waals surface area contributed by atoms with Crippen molar-refractivity contribution in [3.63, 3.8) is 0 Å². The van der Waals surface area contributed by atoms with E-state index in [1.54, 1.807) is 6.07 Å². The second-order valence-corrected chi connectivity index (χ2v) is 4.52. The average Bonchev–Trinajstić information content (AvgIpc) is 2.32. The van der Waals surface area contributed by atoms with Crippen molar-refractivity contribution >= 4 is 11.7 Å². The zero-order chi connectivity index (χ0) is 12.3. The summed E-state index contributed by atoms with van der Waals surface area (Å²) < 4.78 is 4.74. The zero-order valence-corrected chi connectivity index (χ0v) is 9.98. The summed E-state index contributed by atoms with van der Waals surface area (Å²) in [6.45, 7) is 0.863. The smallest absolute Gasteiger partial charge is 0.339 e. The Morgan fingerprint density at radius 3 is 2.82 bits per heavy atom. The molecule has 0 bridgehead atoms. The van der Waals surface area contributed by atoms with Crippen LogP contribution in [0.2, 0.25) is 0 Å². The number of anilines is 1. The zero-order valence-electron chi connectivity index (χ0n) is 9.98. The van der Waals surface area contributed by atoms with Crippen LogP contribution in [0.3, 0.4) is 0 Å². The summed E-state index contributed by atoms with van der Waals surface area (Å²) in [6.07, 6.45) is 2.13. The first-order valence-electron chi connectivity index (χ1n) is 5.87. The fourth-order valence-electron chi connectivity index (χ4n) is 2.13. The molecule has 1 fully saturated rings. The molecule has 17 heavy (non-hydrogen) atoms. The number of ether oxygens (including phenoxy) is 1. The van der Waals surface area contributed by atoms with Gasteiger partial charge in [0.25, 0.3) is 0 Å². The van der Waals surface area contributed by atoms with Gasteiger partial charge in [-0.05, 0) is 30.9 Å². The number of carbonyl (C=O) groups is 1.